The average molecular weight is 242 g/mol. The average Bonchev–Trinajstić information content (AvgIpc) is 2.57. The summed E-state index contributed by atoms with van der Waals surface area (Å²) in [6, 6.07) is 0.834. The molecule has 4 atom stereocenters. The van der Waals surface area contributed by atoms with Gasteiger partial charge in [0, 0.05) is 18.1 Å². The molecule has 1 saturated heterocycles. The van der Waals surface area contributed by atoms with Crippen molar-refractivity contribution in [3.8, 4) is 0 Å². The topological polar surface area (TPSA) is 49.5 Å². The van der Waals surface area contributed by atoms with Gasteiger partial charge >= 0.3 is 0 Å². The lowest BCUT2D eigenvalue weighted by Crippen LogP contribution is -2.57. The number of hydrogen-bond donors (Lipinski definition) is 2. The molecule has 0 amide bonds. The van der Waals surface area contributed by atoms with Crippen LogP contribution in [0.1, 0.15) is 47.5 Å². The van der Waals surface area contributed by atoms with E-state index in [0.29, 0.717) is 12.0 Å². The van der Waals surface area contributed by atoms with Crippen molar-refractivity contribution in [3.05, 3.63) is 0 Å². The minimum Gasteiger partial charge on any atom is -0.395 e. The fourth-order valence-corrected chi connectivity index (χ4v) is 3.28. The zero-order valence-electron chi connectivity index (χ0n) is 12.1. The minimum absolute atomic E-state index is 0.160. The molecule has 0 aromatic heterocycles. The first kappa shape index (κ1) is 14.9. The number of nitrogens with two attached hydrogens (primary N) is 1. The van der Waals surface area contributed by atoms with Gasteiger partial charge < -0.3 is 10.8 Å². The van der Waals surface area contributed by atoms with Gasteiger partial charge in [-0.05, 0) is 30.7 Å². The Balaban J connectivity index is 2.91. The normalized spacial score (nSPS) is 30.5. The van der Waals surface area contributed by atoms with Crippen molar-refractivity contribution in [3.63, 3.8) is 0 Å². The van der Waals surface area contributed by atoms with E-state index in [2.05, 4.69) is 39.5 Å². The standard InChI is InChI=1S/C14H30N2O/c1-6-11(15)13(14(3,4)5)16-8-7-10(2)12(16)9-17/h10-13,17H,6-9,15H2,1-5H3. The quantitative estimate of drug-likeness (QED) is 0.791. The van der Waals surface area contributed by atoms with Crippen molar-refractivity contribution < 1.29 is 5.11 Å². The Hall–Kier alpha value is -0.120. The Morgan fingerprint density at radius 2 is 2.00 bits per heavy atom. The molecule has 0 aliphatic carbocycles. The smallest absolute Gasteiger partial charge is 0.0589 e. The van der Waals surface area contributed by atoms with E-state index < -0.39 is 0 Å². The summed E-state index contributed by atoms with van der Waals surface area (Å²) < 4.78 is 0. The molecule has 1 aliphatic rings. The number of nitrogens with zero attached hydrogens (tertiary/aromatic N) is 1. The Morgan fingerprint density at radius 1 is 1.41 bits per heavy atom. The highest BCUT2D eigenvalue weighted by atomic mass is 16.3. The molecule has 1 aliphatic heterocycles. The number of hydrogen-bond acceptors (Lipinski definition) is 3. The van der Waals surface area contributed by atoms with Crippen LogP contribution >= 0.6 is 0 Å². The second kappa shape index (κ2) is 5.68. The summed E-state index contributed by atoms with van der Waals surface area (Å²) in [6.45, 7) is 12.5. The molecular formula is C14H30N2O. The van der Waals surface area contributed by atoms with Crippen LogP contribution in [-0.2, 0) is 0 Å². The molecule has 3 nitrogen and oxygen atoms in total. The van der Waals surface area contributed by atoms with E-state index in [1.54, 1.807) is 0 Å². The summed E-state index contributed by atoms with van der Waals surface area (Å²) in [5.74, 6) is 0.578. The fraction of sp³-hybridized carbons (Fsp3) is 1.00. The van der Waals surface area contributed by atoms with Gasteiger partial charge in [0.15, 0.2) is 0 Å². The summed E-state index contributed by atoms with van der Waals surface area (Å²) in [5, 5.41) is 9.59. The van der Waals surface area contributed by atoms with Crippen molar-refractivity contribution in [2.24, 2.45) is 17.1 Å². The van der Waals surface area contributed by atoms with Crippen LogP contribution in [-0.4, -0.2) is 41.3 Å². The minimum atomic E-state index is 0.160. The van der Waals surface area contributed by atoms with E-state index in [1.165, 1.54) is 6.42 Å². The molecule has 17 heavy (non-hydrogen) atoms. The molecule has 102 valence electrons. The molecule has 1 rings (SSSR count). The Kier molecular flexibility index (Phi) is 4.99. The van der Waals surface area contributed by atoms with Gasteiger partial charge in [-0.15, -0.1) is 0 Å². The van der Waals surface area contributed by atoms with E-state index in [9.17, 15) is 5.11 Å². The molecule has 3 N–H and O–H groups in total. The molecule has 3 heteroatoms. The maximum Gasteiger partial charge on any atom is 0.0589 e. The highest BCUT2D eigenvalue weighted by Crippen LogP contribution is 2.34. The first-order valence-corrected chi connectivity index (χ1v) is 6.95. The zero-order valence-corrected chi connectivity index (χ0v) is 12.1. The maximum atomic E-state index is 9.59. The predicted molar refractivity (Wildman–Crippen MR) is 72.9 cm³/mol. The van der Waals surface area contributed by atoms with Crippen molar-refractivity contribution in [1.29, 1.82) is 0 Å². The second-order valence-corrected chi connectivity index (χ2v) is 6.64. The van der Waals surface area contributed by atoms with Gasteiger partial charge in [0.2, 0.25) is 0 Å². The number of likely N-dealkylation sites (tertiary alicyclic amines) is 1. The molecule has 1 fully saturated rings. The van der Waals surface area contributed by atoms with Crippen LogP contribution < -0.4 is 5.73 Å². The van der Waals surface area contributed by atoms with Gasteiger partial charge in [-0.3, -0.25) is 4.90 Å². The lowest BCUT2D eigenvalue weighted by molar-refractivity contribution is 0.0340. The lowest BCUT2D eigenvalue weighted by atomic mass is 9.80. The van der Waals surface area contributed by atoms with Gasteiger partial charge in [-0.2, -0.15) is 0 Å². The molecule has 0 aromatic rings. The largest absolute Gasteiger partial charge is 0.395 e. The molecule has 1 heterocycles. The number of aliphatic hydroxyl groups is 1. The van der Waals surface area contributed by atoms with Gasteiger partial charge in [0.05, 0.1) is 6.61 Å². The number of rotatable bonds is 4. The third-order valence-corrected chi connectivity index (χ3v) is 4.23. The van der Waals surface area contributed by atoms with Crippen LogP contribution in [0.2, 0.25) is 0 Å². The van der Waals surface area contributed by atoms with Gasteiger partial charge in [0.1, 0.15) is 0 Å². The van der Waals surface area contributed by atoms with Crippen LogP contribution in [0.25, 0.3) is 0 Å². The van der Waals surface area contributed by atoms with Crippen molar-refractivity contribution in [2.45, 2.75) is 65.6 Å². The van der Waals surface area contributed by atoms with Crippen molar-refractivity contribution in [2.75, 3.05) is 13.2 Å². The van der Waals surface area contributed by atoms with Crippen molar-refractivity contribution >= 4 is 0 Å². The summed E-state index contributed by atoms with van der Waals surface area (Å²) in [7, 11) is 0. The van der Waals surface area contributed by atoms with Crippen LogP contribution in [0.4, 0.5) is 0 Å². The highest BCUT2D eigenvalue weighted by molar-refractivity contribution is 4.97. The molecular weight excluding hydrogens is 212 g/mol. The summed E-state index contributed by atoms with van der Waals surface area (Å²) in [6.07, 6.45) is 2.17. The van der Waals surface area contributed by atoms with Crippen LogP contribution in [0.15, 0.2) is 0 Å². The first-order valence-electron chi connectivity index (χ1n) is 6.95. The molecule has 0 spiro atoms. The second-order valence-electron chi connectivity index (χ2n) is 6.64. The lowest BCUT2D eigenvalue weighted by Gasteiger charge is -2.44. The van der Waals surface area contributed by atoms with E-state index in [-0.39, 0.29) is 24.1 Å². The van der Waals surface area contributed by atoms with E-state index in [4.69, 9.17) is 5.73 Å². The summed E-state index contributed by atoms with van der Waals surface area (Å²) in [5.41, 5.74) is 6.48. The molecule has 0 radical (unpaired) electrons. The summed E-state index contributed by atoms with van der Waals surface area (Å²) >= 11 is 0. The maximum absolute atomic E-state index is 9.59. The molecule has 0 saturated carbocycles. The van der Waals surface area contributed by atoms with Crippen molar-refractivity contribution in [1.82, 2.24) is 4.90 Å². The van der Waals surface area contributed by atoms with E-state index in [0.717, 1.165) is 13.0 Å². The third kappa shape index (κ3) is 3.21. The van der Waals surface area contributed by atoms with Crippen LogP contribution in [0.5, 0.6) is 0 Å². The fourth-order valence-electron chi connectivity index (χ4n) is 3.28. The summed E-state index contributed by atoms with van der Waals surface area (Å²) in [4.78, 5) is 2.46. The van der Waals surface area contributed by atoms with Crippen LogP contribution in [0, 0.1) is 11.3 Å². The Morgan fingerprint density at radius 3 is 2.41 bits per heavy atom. The van der Waals surface area contributed by atoms with Gasteiger partial charge in [-0.25, -0.2) is 0 Å². The monoisotopic (exact) mass is 242 g/mol. The Labute approximate surface area is 106 Å². The van der Waals surface area contributed by atoms with Crippen LogP contribution in [0.3, 0.4) is 0 Å². The van der Waals surface area contributed by atoms with Gasteiger partial charge in [-0.1, -0.05) is 34.6 Å². The first-order chi connectivity index (χ1) is 7.82. The highest BCUT2D eigenvalue weighted by Gasteiger charge is 2.42. The number of aliphatic hydroxyl groups excluding tert-OH is 1. The predicted octanol–water partition coefficient (Wildman–Crippen LogP) is 1.84. The SMILES string of the molecule is CCC(N)C(N1CCC(C)C1CO)C(C)(C)C. The van der Waals surface area contributed by atoms with E-state index >= 15 is 0 Å². The molecule has 0 aromatic carbocycles. The third-order valence-electron chi connectivity index (χ3n) is 4.23. The van der Waals surface area contributed by atoms with E-state index in [1.807, 2.05) is 0 Å². The molecule has 0 bridgehead atoms. The Bertz CT molecular complexity index is 237. The molecule has 4 unspecified atom stereocenters. The zero-order chi connectivity index (χ0) is 13.2. The van der Waals surface area contributed by atoms with Gasteiger partial charge in [0.25, 0.3) is 0 Å².